The van der Waals surface area contributed by atoms with E-state index < -0.39 is 5.97 Å². The van der Waals surface area contributed by atoms with Crippen molar-refractivity contribution in [3.05, 3.63) is 11.3 Å². The van der Waals surface area contributed by atoms with Crippen molar-refractivity contribution in [2.75, 3.05) is 13.7 Å². The van der Waals surface area contributed by atoms with Gasteiger partial charge in [-0.15, -0.1) is 0 Å². The molecule has 0 atom stereocenters. The van der Waals surface area contributed by atoms with E-state index in [2.05, 4.69) is 9.73 Å². The number of esters is 1. The van der Waals surface area contributed by atoms with E-state index in [4.69, 9.17) is 0 Å². The molecule has 22 heavy (non-hydrogen) atoms. The van der Waals surface area contributed by atoms with Gasteiger partial charge in [0.1, 0.15) is 18.0 Å². The minimum atomic E-state index is -0.573. The molecule has 0 aliphatic heterocycles. The molecular formula is C16H23NO5. The molecule has 0 bridgehead atoms. The molecule has 0 aromatic rings. The van der Waals surface area contributed by atoms with Crippen LogP contribution in [0.15, 0.2) is 16.3 Å². The van der Waals surface area contributed by atoms with Crippen LogP contribution in [0.3, 0.4) is 0 Å². The lowest BCUT2D eigenvalue weighted by atomic mass is 9.76. The number of ether oxygens (including phenoxy) is 1. The third kappa shape index (κ3) is 5.09. The molecule has 1 aliphatic rings. The van der Waals surface area contributed by atoms with Gasteiger partial charge in [0.25, 0.3) is 0 Å². The van der Waals surface area contributed by atoms with Gasteiger partial charge in [0.2, 0.25) is 0 Å². The van der Waals surface area contributed by atoms with Crippen LogP contribution >= 0.6 is 0 Å². The predicted octanol–water partition coefficient (Wildman–Crippen LogP) is 2.17. The fourth-order valence-electron chi connectivity index (χ4n) is 2.45. The molecule has 0 radical (unpaired) electrons. The Bertz CT molecular complexity index is 543. The van der Waals surface area contributed by atoms with Crippen molar-refractivity contribution in [1.29, 1.82) is 0 Å². The normalized spacial score (nSPS) is 18.4. The van der Waals surface area contributed by atoms with Gasteiger partial charge >= 0.3 is 5.97 Å². The Morgan fingerprint density at radius 3 is 2.50 bits per heavy atom. The van der Waals surface area contributed by atoms with Crippen molar-refractivity contribution in [3.8, 4) is 0 Å². The van der Waals surface area contributed by atoms with Gasteiger partial charge in [-0.05, 0) is 12.3 Å². The number of aliphatic imine (C=N–C) groups is 1. The molecule has 6 heteroatoms. The lowest BCUT2D eigenvalue weighted by molar-refractivity contribution is -0.143. The largest absolute Gasteiger partial charge is 0.511 e. The summed E-state index contributed by atoms with van der Waals surface area (Å²) in [5.41, 5.74) is 0.449. The quantitative estimate of drug-likeness (QED) is 0.461. The molecule has 0 saturated carbocycles. The molecule has 6 nitrogen and oxygen atoms in total. The number of aliphatic hydroxyl groups is 1. The first-order chi connectivity index (χ1) is 10.2. The van der Waals surface area contributed by atoms with Crippen molar-refractivity contribution in [1.82, 2.24) is 0 Å². The number of methoxy groups -OCH3 is 1. The van der Waals surface area contributed by atoms with Gasteiger partial charge in [-0.25, -0.2) is 0 Å². The summed E-state index contributed by atoms with van der Waals surface area (Å²) in [5.74, 6) is -0.910. The molecule has 1 aliphatic carbocycles. The zero-order valence-corrected chi connectivity index (χ0v) is 13.6. The Morgan fingerprint density at radius 1 is 1.32 bits per heavy atom. The molecular weight excluding hydrogens is 286 g/mol. The summed E-state index contributed by atoms with van der Waals surface area (Å²) in [6.45, 7) is 5.67. The minimum absolute atomic E-state index is 0.0587. The maximum atomic E-state index is 12.1. The zero-order chi connectivity index (χ0) is 16.9. The highest BCUT2D eigenvalue weighted by Crippen LogP contribution is 2.36. The fourth-order valence-corrected chi connectivity index (χ4v) is 2.45. The number of carbonyl (C=O) groups excluding carboxylic acids is 3. The first-order valence-corrected chi connectivity index (χ1v) is 7.21. The van der Waals surface area contributed by atoms with Crippen LogP contribution in [-0.4, -0.2) is 42.0 Å². The monoisotopic (exact) mass is 309 g/mol. The van der Waals surface area contributed by atoms with Crippen LogP contribution in [0.4, 0.5) is 0 Å². The SMILES string of the molecule is COC(=O)CC(=O)CCN=C(C)C1=C(O)CC(C)(C)CC1=O. The molecule has 0 amide bonds. The van der Waals surface area contributed by atoms with Crippen LogP contribution in [0, 0.1) is 5.41 Å². The topological polar surface area (TPSA) is 93.0 Å². The molecule has 0 fully saturated rings. The molecule has 0 heterocycles. The third-order valence-electron chi connectivity index (χ3n) is 3.52. The Morgan fingerprint density at radius 2 is 1.95 bits per heavy atom. The predicted molar refractivity (Wildman–Crippen MR) is 81.9 cm³/mol. The molecule has 0 aromatic carbocycles. The number of ketones is 2. The van der Waals surface area contributed by atoms with Gasteiger partial charge in [0.15, 0.2) is 5.78 Å². The highest BCUT2D eigenvalue weighted by molar-refractivity contribution is 6.22. The second-order valence-corrected chi connectivity index (χ2v) is 6.27. The zero-order valence-electron chi connectivity index (χ0n) is 13.6. The number of Topliss-reactive ketones (excluding diaryl/α,β-unsaturated/α-hetero) is 2. The molecule has 0 aromatic heterocycles. The highest BCUT2D eigenvalue weighted by Gasteiger charge is 2.33. The average molecular weight is 309 g/mol. The number of aliphatic hydroxyl groups excluding tert-OH is 1. The van der Waals surface area contributed by atoms with E-state index in [9.17, 15) is 19.5 Å². The fraction of sp³-hybridized carbons (Fsp3) is 0.625. The molecule has 0 saturated heterocycles. The molecule has 122 valence electrons. The molecule has 0 spiro atoms. The van der Waals surface area contributed by atoms with Crippen LogP contribution in [0.25, 0.3) is 0 Å². The molecule has 1 rings (SSSR count). The van der Waals surface area contributed by atoms with Crippen LogP contribution < -0.4 is 0 Å². The van der Waals surface area contributed by atoms with Crippen LogP contribution in [0.2, 0.25) is 0 Å². The van der Waals surface area contributed by atoms with Crippen LogP contribution in [0.1, 0.15) is 46.5 Å². The van der Waals surface area contributed by atoms with Crippen LogP contribution in [0.5, 0.6) is 0 Å². The summed E-state index contributed by atoms with van der Waals surface area (Å²) in [7, 11) is 1.23. The van der Waals surface area contributed by atoms with Gasteiger partial charge in [0.05, 0.1) is 12.7 Å². The van der Waals surface area contributed by atoms with Gasteiger partial charge in [0, 0.05) is 31.5 Å². The number of rotatable bonds is 6. The van der Waals surface area contributed by atoms with Crippen molar-refractivity contribution in [3.63, 3.8) is 0 Å². The lowest BCUT2D eigenvalue weighted by Gasteiger charge is -2.29. The summed E-state index contributed by atoms with van der Waals surface area (Å²) < 4.78 is 4.41. The van der Waals surface area contributed by atoms with E-state index in [1.54, 1.807) is 6.92 Å². The Hall–Kier alpha value is -1.98. The van der Waals surface area contributed by atoms with Gasteiger partial charge in [-0.1, -0.05) is 13.8 Å². The van der Waals surface area contributed by atoms with E-state index in [1.165, 1.54) is 7.11 Å². The third-order valence-corrected chi connectivity index (χ3v) is 3.52. The number of allylic oxidation sites excluding steroid dienone is 2. The maximum absolute atomic E-state index is 12.1. The summed E-state index contributed by atoms with van der Waals surface area (Å²) in [5, 5.41) is 10.1. The second-order valence-electron chi connectivity index (χ2n) is 6.27. The first kappa shape index (κ1) is 18.1. The van der Waals surface area contributed by atoms with E-state index in [0.717, 1.165) is 0 Å². The summed E-state index contributed by atoms with van der Waals surface area (Å²) in [6.07, 6.45) is 0.620. The number of carbonyl (C=O) groups is 3. The van der Waals surface area contributed by atoms with Crippen LogP contribution in [-0.2, 0) is 19.1 Å². The highest BCUT2D eigenvalue weighted by atomic mass is 16.5. The Kier molecular flexibility index (Phi) is 6.02. The van der Waals surface area contributed by atoms with E-state index in [1.807, 2.05) is 13.8 Å². The lowest BCUT2D eigenvalue weighted by Crippen LogP contribution is -2.28. The number of nitrogens with zero attached hydrogens (tertiary/aromatic N) is 1. The summed E-state index contributed by atoms with van der Waals surface area (Å²) >= 11 is 0. The van der Waals surface area contributed by atoms with Crippen molar-refractivity contribution in [2.45, 2.75) is 46.5 Å². The van der Waals surface area contributed by atoms with E-state index in [0.29, 0.717) is 18.6 Å². The Balaban J connectivity index is 2.67. The maximum Gasteiger partial charge on any atom is 0.313 e. The van der Waals surface area contributed by atoms with Crippen molar-refractivity contribution >= 4 is 23.2 Å². The summed E-state index contributed by atoms with van der Waals surface area (Å²) in [4.78, 5) is 38.7. The molecule has 0 unspecified atom stereocenters. The average Bonchev–Trinajstić information content (AvgIpc) is 2.35. The molecule has 1 N–H and O–H groups in total. The summed E-state index contributed by atoms with van der Waals surface area (Å²) in [6, 6.07) is 0. The van der Waals surface area contributed by atoms with Crippen molar-refractivity contribution < 1.29 is 24.2 Å². The standard InChI is InChI=1S/C16H23NO5/c1-10(17-6-5-11(18)7-14(21)22-4)15-12(19)8-16(2,3)9-13(15)20/h19H,5-9H2,1-4H3. The Labute approximate surface area is 130 Å². The van der Waals surface area contributed by atoms with Crippen molar-refractivity contribution in [2.24, 2.45) is 10.4 Å². The number of hydrogen-bond donors (Lipinski definition) is 1. The first-order valence-electron chi connectivity index (χ1n) is 7.21. The second kappa shape index (κ2) is 7.33. The van der Waals surface area contributed by atoms with E-state index in [-0.39, 0.29) is 47.7 Å². The minimum Gasteiger partial charge on any atom is -0.511 e. The number of hydrogen-bond acceptors (Lipinski definition) is 6. The van der Waals surface area contributed by atoms with Gasteiger partial charge in [-0.2, -0.15) is 0 Å². The smallest absolute Gasteiger partial charge is 0.313 e. The van der Waals surface area contributed by atoms with E-state index >= 15 is 0 Å². The van der Waals surface area contributed by atoms with Gasteiger partial charge in [-0.3, -0.25) is 19.4 Å². The van der Waals surface area contributed by atoms with Gasteiger partial charge < -0.3 is 9.84 Å².